The van der Waals surface area contributed by atoms with E-state index >= 15 is 0 Å². The quantitative estimate of drug-likeness (QED) is 0.468. The van der Waals surface area contributed by atoms with Crippen LogP contribution in [0.3, 0.4) is 0 Å². The van der Waals surface area contributed by atoms with E-state index in [2.05, 4.69) is 20.2 Å². The number of amides is 2. The number of imidazole rings is 1. The first-order chi connectivity index (χ1) is 13.7. The highest BCUT2D eigenvalue weighted by Crippen LogP contribution is 2.18. The molecule has 146 valence electrons. The number of aromatic amines is 1. The van der Waals surface area contributed by atoms with Gasteiger partial charge in [-0.15, -0.1) is 10.2 Å². The van der Waals surface area contributed by atoms with E-state index in [9.17, 15) is 9.59 Å². The Bertz CT molecular complexity index is 930. The third-order valence-corrected chi connectivity index (χ3v) is 5.40. The lowest BCUT2D eigenvalue weighted by molar-refractivity contribution is -0.132. The summed E-state index contributed by atoms with van der Waals surface area (Å²) in [5, 5.41) is 8.44. The van der Waals surface area contributed by atoms with E-state index in [1.807, 2.05) is 24.3 Å². The Hall–Kier alpha value is -2.88. The minimum Gasteiger partial charge on any atom is -0.416 e. The number of nitrogens with zero attached hydrogens (tertiary/aromatic N) is 5. The van der Waals surface area contributed by atoms with Crippen LogP contribution in [0.15, 0.2) is 33.9 Å². The summed E-state index contributed by atoms with van der Waals surface area (Å²) in [5.41, 5.74) is 1.94. The predicted octanol–water partition coefficient (Wildman–Crippen LogP) is 1.12. The first-order valence-corrected chi connectivity index (χ1v) is 10.1. The average Bonchev–Trinajstić information content (AvgIpc) is 3.36. The number of H-pyrrole nitrogens is 1. The molecule has 1 aromatic carbocycles. The maximum Gasteiger partial charge on any atom is 0.277 e. The second kappa shape index (κ2) is 8.42. The first kappa shape index (κ1) is 18.5. The molecule has 1 N–H and O–H groups in total. The van der Waals surface area contributed by atoms with Gasteiger partial charge < -0.3 is 19.2 Å². The monoisotopic (exact) mass is 400 g/mol. The van der Waals surface area contributed by atoms with Crippen molar-refractivity contribution >= 4 is 35.1 Å². The van der Waals surface area contributed by atoms with Gasteiger partial charge in [0, 0.05) is 39.0 Å². The van der Waals surface area contributed by atoms with Gasteiger partial charge in [-0.25, -0.2) is 4.98 Å². The first-order valence-electron chi connectivity index (χ1n) is 9.07. The zero-order valence-electron chi connectivity index (χ0n) is 15.2. The molecule has 0 bridgehead atoms. The SMILES string of the molecule is O=CN1CCN(C(=O)CSc2nnc(CCc3nc4ccccc4[nH]3)o2)CC1. The molecule has 1 aliphatic heterocycles. The van der Waals surface area contributed by atoms with Crippen LogP contribution in [0.4, 0.5) is 0 Å². The van der Waals surface area contributed by atoms with Crippen molar-refractivity contribution in [1.82, 2.24) is 30.0 Å². The normalized spacial score (nSPS) is 14.6. The molecular formula is C18H20N6O3S. The minimum absolute atomic E-state index is 0.0116. The van der Waals surface area contributed by atoms with E-state index in [0.717, 1.165) is 23.3 Å². The van der Waals surface area contributed by atoms with Gasteiger partial charge in [-0.3, -0.25) is 9.59 Å². The highest BCUT2D eigenvalue weighted by atomic mass is 32.2. The summed E-state index contributed by atoms with van der Waals surface area (Å²) < 4.78 is 5.63. The molecule has 1 fully saturated rings. The lowest BCUT2D eigenvalue weighted by Crippen LogP contribution is -2.48. The van der Waals surface area contributed by atoms with Crippen molar-refractivity contribution in [2.24, 2.45) is 0 Å². The zero-order chi connectivity index (χ0) is 19.3. The largest absolute Gasteiger partial charge is 0.416 e. The lowest BCUT2D eigenvalue weighted by Gasteiger charge is -2.32. The Balaban J connectivity index is 1.25. The van der Waals surface area contributed by atoms with Gasteiger partial charge >= 0.3 is 0 Å². The Morgan fingerprint density at radius 2 is 2.00 bits per heavy atom. The number of aryl methyl sites for hydroxylation is 2. The predicted molar refractivity (Wildman–Crippen MR) is 103 cm³/mol. The fourth-order valence-corrected chi connectivity index (χ4v) is 3.72. The van der Waals surface area contributed by atoms with E-state index in [-0.39, 0.29) is 11.7 Å². The molecule has 0 radical (unpaired) electrons. The second-order valence-electron chi connectivity index (χ2n) is 6.47. The number of aromatic nitrogens is 4. The van der Waals surface area contributed by atoms with Crippen molar-refractivity contribution in [2.75, 3.05) is 31.9 Å². The van der Waals surface area contributed by atoms with Crippen molar-refractivity contribution in [3.63, 3.8) is 0 Å². The molecule has 28 heavy (non-hydrogen) atoms. The number of carbonyl (C=O) groups is 2. The Morgan fingerprint density at radius 1 is 1.18 bits per heavy atom. The van der Waals surface area contributed by atoms with E-state index < -0.39 is 0 Å². The minimum atomic E-state index is 0.0116. The standard InChI is InChI=1S/C18H20N6O3S/c25-12-23-7-9-24(10-8-23)17(26)11-28-18-22-21-16(27-18)6-5-15-19-13-3-1-2-4-14(13)20-15/h1-4,12H,5-11H2,(H,19,20). The highest BCUT2D eigenvalue weighted by molar-refractivity contribution is 7.99. The van der Waals surface area contributed by atoms with Gasteiger partial charge in [0.15, 0.2) is 0 Å². The molecule has 3 heterocycles. The van der Waals surface area contributed by atoms with Crippen LogP contribution in [0.1, 0.15) is 11.7 Å². The summed E-state index contributed by atoms with van der Waals surface area (Å²) in [7, 11) is 0. The molecule has 2 amide bonds. The Labute approximate surface area is 165 Å². The van der Waals surface area contributed by atoms with E-state index in [4.69, 9.17) is 4.42 Å². The third-order valence-electron chi connectivity index (χ3n) is 4.60. The van der Waals surface area contributed by atoms with Crippen LogP contribution in [0, 0.1) is 0 Å². The number of fused-ring (bicyclic) bond motifs is 1. The topological polar surface area (TPSA) is 108 Å². The van der Waals surface area contributed by atoms with Gasteiger partial charge in [-0.05, 0) is 12.1 Å². The van der Waals surface area contributed by atoms with Crippen LogP contribution >= 0.6 is 11.8 Å². The Morgan fingerprint density at radius 3 is 2.79 bits per heavy atom. The van der Waals surface area contributed by atoms with Crippen molar-refractivity contribution < 1.29 is 14.0 Å². The van der Waals surface area contributed by atoms with Crippen LogP contribution in [-0.4, -0.2) is 74.2 Å². The molecule has 0 aliphatic carbocycles. The third kappa shape index (κ3) is 4.33. The molecule has 0 saturated carbocycles. The zero-order valence-corrected chi connectivity index (χ0v) is 16.0. The molecule has 9 nitrogen and oxygen atoms in total. The molecule has 4 rings (SSSR count). The van der Waals surface area contributed by atoms with E-state index in [1.54, 1.807) is 9.80 Å². The summed E-state index contributed by atoms with van der Waals surface area (Å²) in [6.45, 7) is 2.27. The molecule has 3 aromatic rings. The molecule has 0 spiro atoms. The number of rotatable bonds is 7. The Kier molecular flexibility index (Phi) is 5.56. The molecule has 0 unspecified atom stereocenters. The van der Waals surface area contributed by atoms with E-state index in [1.165, 1.54) is 11.8 Å². The van der Waals surface area contributed by atoms with Crippen molar-refractivity contribution in [3.05, 3.63) is 36.0 Å². The summed E-state index contributed by atoms with van der Waals surface area (Å²) in [6, 6.07) is 7.88. The molecule has 2 aromatic heterocycles. The van der Waals surface area contributed by atoms with Crippen molar-refractivity contribution in [2.45, 2.75) is 18.1 Å². The molecular weight excluding hydrogens is 380 g/mol. The number of carbonyl (C=O) groups excluding carboxylic acids is 2. The lowest BCUT2D eigenvalue weighted by atomic mass is 10.3. The average molecular weight is 400 g/mol. The summed E-state index contributed by atoms with van der Waals surface area (Å²) in [4.78, 5) is 34.2. The van der Waals surface area contributed by atoms with Crippen LogP contribution in [0.2, 0.25) is 0 Å². The maximum atomic E-state index is 12.3. The van der Waals surface area contributed by atoms with Gasteiger partial charge in [0.2, 0.25) is 18.2 Å². The van der Waals surface area contributed by atoms with Gasteiger partial charge in [-0.2, -0.15) is 0 Å². The number of piperazine rings is 1. The highest BCUT2D eigenvalue weighted by Gasteiger charge is 2.21. The summed E-state index contributed by atoms with van der Waals surface area (Å²) in [5.74, 6) is 1.65. The van der Waals surface area contributed by atoms with Crippen LogP contribution in [0.25, 0.3) is 11.0 Å². The summed E-state index contributed by atoms with van der Waals surface area (Å²) in [6.07, 6.45) is 2.07. The van der Waals surface area contributed by atoms with Gasteiger partial charge in [0.1, 0.15) is 5.82 Å². The molecule has 1 aliphatic rings. The van der Waals surface area contributed by atoms with Crippen LogP contribution in [0.5, 0.6) is 0 Å². The number of thioether (sulfide) groups is 1. The molecule has 0 atom stereocenters. The fraction of sp³-hybridized carbons (Fsp3) is 0.389. The number of hydrogen-bond acceptors (Lipinski definition) is 7. The van der Waals surface area contributed by atoms with Crippen LogP contribution < -0.4 is 0 Å². The number of benzene rings is 1. The molecule has 10 heteroatoms. The van der Waals surface area contributed by atoms with Crippen molar-refractivity contribution in [3.8, 4) is 0 Å². The smallest absolute Gasteiger partial charge is 0.277 e. The fourth-order valence-electron chi connectivity index (χ4n) is 3.04. The van der Waals surface area contributed by atoms with Gasteiger partial charge in [0.05, 0.1) is 16.8 Å². The number of hydrogen-bond donors (Lipinski definition) is 1. The second-order valence-corrected chi connectivity index (χ2v) is 7.40. The molecule has 1 saturated heterocycles. The van der Waals surface area contributed by atoms with E-state index in [0.29, 0.717) is 50.1 Å². The van der Waals surface area contributed by atoms with Gasteiger partial charge in [-0.1, -0.05) is 23.9 Å². The van der Waals surface area contributed by atoms with Crippen molar-refractivity contribution in [1.29, 1.82) is 0 Å². The van der Waals surface area contributed by atoms with Crippen LogP contribution in [-0.2, 0) is 22.4 Å². The van der Waals surface area contributed by atoms with Gasteiger partial charge in [0.25, 0.3) is 5.22 Å². The number of para-hydroxylation sites is 2. The maximum absolute atomic E-state index is 12.3. The summed E-state index contributed by atoms with van der Waals surface area (Å²) >= 11 is 1.24. The number of nitrogens with one attached hydrogen (secondary N) is 1.